The van der Waals surface area contributed by atoms with Crippen LogP contribution in [-0.2, 0) is 12.8 Å². The Morgan fingerprint density at radius 2 is 2.00 bits per heavy atom. The summed E-state index contributed by atoms with van der Waals surface area (Å²) in [5, 5.41) is 0.902. The van der Waals surface area contributed by atoms with E-state index in [4.69, 9.17) is 20.2 Å². The maximum absolute atomic E-state index is 6.28. The number of hydrogen-bond donors (Lipinski definition) is 1. The van der Waals surface area contributed by atoms with Crippen LogP contribution in [0, 0.1) is 0 Å². The van der Waals surface area contributed by atoms with E-state index in [1.54, 1.807) is 14.2 Å². The number of rotatable bonds is 2. The summed E-state index contributed by atoms with van der Waals surface area (Å²) in [4.78, 5) is 4.69. The lowest BCUT2D eigenvalue weighted by atomic mass is 10.1. The van der Waals surface area contributed by atoms with Gasteiger partial charge in [-0.25, -0.2) is 0 Å². The molecule has 0 saturated carbocycles. The van der Waals surface area contributed by atoms with Crippen LogP contribution in [-0.4, -0.2) is 19.2 Å². The molecular weight excluding hydrogens is 228 g/mol. The number of nitrogens with zero attached hydrogens (tertiary/aromatic N) is 1. The lowest BCUT2D eigenvalue weighted by Gasteiger charge is -2.13. The van der Waals surface area contributed by atoms with Crippen molar-refractivity contribution < 1.29 is 9.47 Å². The largest absolute Gasteiger partial charge is 0.497 e. The van der Waals surface area contributed by atoms with Crippen molar-refractivity contribution in [2.24, 2.45) is 0 Å². The molecule has 1 aliphatic carbocycles. The lowest BCUT2D eigenvalue weighted by molar-refractivity contribution is 0.398. The van der Waals surface area contributed by atoms with Crippen molar-refractivity contribution in [2.45, 2.75) is 19.3 Å². The van der Waals surface area contributed by atoms with E-state index in [-0.39, 0.29) is 0 Å². The van der Waals surface area contributed by atoms with E-state index < -0.39 is 0 Å². The molecule has 0 spiro atoms. The Labute approximate surface area is 106 Å². The smallest absolute Gasteiger partial charge is 0.134 e. The Bertz CT molecular complexity index is 623. The topological polar surface area (TPSA) is 57.4 Å². The van der Waals surface area contributed by atoms with Crippen LogP contribution in [0.15, 0.2) is 12.1 Å². The van der Waals surface area contributed by atoms with E-state index in [1.165, 1.54) is 5.56 Å². The van der Waals surface area contributed by atoms with Crippen molar-refractivity contribution in [2.75, 3.05) is 20.0 Å². The molecule has 0 aliphatic heterocycles. The average molecular weight is 244 g/mol. The Morgan fingerprint density at radius 1 is 1.17 bits per heavy atom. The number of fused-ring (bicyclic) bond motifs is 2. The Morgan fingerprint density at radius 3 is 2.72 bits per heavy atom. The van der Waals surface area contributed by atoms with Crippen LogP contribution in [0.3, 0.4) is 0 Å². The van der Waals surface area contributed by atoms with Gasteiger partial charge < -0.3 is 15.2 Å². The quantitative estimate of drug-likeness (QED) is 0.880. The molecule has 4 nitrogen and oxygen atoms in total. The minimum absolute atomic E-state index is 0.726. The highest BCUT2D eigenvalue weighted by Gasteiger charge is 2.20. The van der Waals surface area contributed by atoms with Gasteiger partial charge in [0.25, 0.3) is 0 Å². The second kappa shape index (κ2) is 4.05. The molecule has 1 aromatic heterocycles. The fraction of sp³-hybridized carbons (Fsp3) is 0.357. The second-order valence-corrected chi connectivity index (χ2v) is 4.53. The van der Waals surface area contributed by atoms with Crippen LogP contribution in [0.4, 0.5) is 5.69 Å². The van der Waals surface area contributed by atoms with E-state index in [0.29, 0.717) is 0 Å². The highest BCUT2D eigenvalue weighted by molar-refractivity contribution is 5.98. The molecule has 1 aromatic carbocycles. The number of ether oxygens (including phenoxy) is 2. The fourth-order valence-electron chi connectivity index (χ4n) is 2.65. The summed E-state index contributed by atoms with van der Waals surface area (Å²) in [6, 6.07) is 3.76. The zero-order chi connectivity index (χ0) is 12.7. The second-order valence-electron chi connectivity index (χ2n) is 4.53. The normalized spacial score (nSPS) is 13.7. The summed E-state index contributed by atoms with van der Waals surface area (Å²) >= 11 is 0. The molecule has 0 saturated heterocycles. The third-order valence-corrected chi connectivity index (χ3v) is 3.55. The molecule has 2 aromatic rings. The first kappa shape index (κ1) is 11.1. The molecule has 0 bridgehead atoms. The zero-order valence-electron chi connectivity index (χ0n) is 10.6. The van der Waals surface area contributed by atoms with E-state index in [0.717, 1.165) is 53.0 Å². The molecule has 0 unspecified atom stereocenters. The number of hydrogen-bond acceptors (Lipinski definition) is 4. The van der Waals surface area contributed by atoms with Gasteiger partial charge in [0, 0.05) is 23.5 Å². The van der Waals surface area contributed by atoms with Gasteiger partial charge in [0.15, 0.2) is 0 Å². The van der Waals surface area contributed by atoms with Crippen molar-refractivity contribution in [3.05, 3.63) is 23.4 Å². The summed E-state index contributed by atoms with van der Waals surface area (Å²) in [5.41, 5.74) is 10.2. The predicted molar refractivity (Wildman–Crippen MR) is 71.3 cm³/mol. The standard InChI is InChI=1S/C14H16N2O2/c1-17-8-6-11-13(12(7-8)18-2)14(15)9-4-3-5-10(9)16-11/h6-7H,3-5H2,1-2H3,(H2,15,16). The number of benzene rings is 1. The molecule has 2 N–H and O–H groups in total. The van der Waals surface area contributed by atoms with Gasteiger partial charge in [-0.05, 0) is 24.8 Å². The predicted octanol–water partition coefficient (Wildman–Crippen LogP) is 2.32. The molecule has 0 amide bonds. The first-order chi connectivity index (χ1) is 8.74. The van der Waals surface area contributed by atoms with E-state index >= 15 is 0 Å². The van der Waals surface area contributed by atoms with Gasteiger partial charge in [0.1, 0.15) is 11.5 Å². The molecule has 0 atom stereocenters. The van der Waals surface area contributed by atoms with Gasteiger partial charge in [0.2, 0.25) is 0 Å². The third kappa shape index (κ3) is 1.49. The highest BCUT2D eigenvalue weighted by atomic mass is 16.5. The first-order valence-corrected chi connectivity index (χ1v) is 6.07. The van der Waals surface area contributed by atoms with Gasteiger partial charge >= 0.3 is 0 Å². The minimum Gasteiger partial charge on any atom is -0.497 e. The van der Waals surface area contributed by atoms with Gasteiger partial charge in [-0.3, -0.25) is 4.98 Å². The monoisotopic (exact) mass is 244 g/mol. The van der Waals surface area contributed by atoms with Crippen LogP contribution in [0.2, 0.25) is 0 Å². The molecule has 0 radical (unpaired) electrons. The molecule has 94 valence electrons. The molecule has 1 aliphatic rings. The Kier molecular flexibility index (Phi) is 2.51. The summed E-state index contributed by atoms with van der Waals surface area (Å²) in [6.07, 6.45) is 3.15. The highest BCUT2D eigenvalue weighted by Crippen LogP contribution is 2.39. The molecular formula is C14H16N2O2. The summed E-state index contributed by atoms with van der Waals surface area (Å²) in [7, 11) is 3.28. The van der Waals surface area contributed by atoms with Crippen molar-refractivity contribution in [3.8, 4) is 11.5 Å². The van der Waals surface area contributed by atoms with Gasteiger partial charge in [-0.1, -0.05) is 0 Å². The van der Waals surface area contributed by atoms with E-state index in [9.17, 15) is 0 Å². The number of aromatic nitrogens is 1. The Hall–Kier alpha value is -1.97. The summed E-state index contributed by atoms with van der Waals surface area (Å²) < 4.78 is 10.7. The van der Waals surface area contributed by atoms with Crippen molar-refractivity contribution >= 4 is 16.6 Å². The average Bonchev–Trinajstić information content (AvgIpc) is 2.85. The van der Waals surface area contributed by atoms with Crippen LogP contribution < -0.4 is 15.2 Å². The molecule has 0 fully saturated rings. The van der Waals surface area contributed by atoms with Crippen molar-refractivity contribution in [3.63, 3.8) is 0 Å². The number of methoxy groups -OCH3 is 2. The van der Waals surface area contributed by atoms with E-state index in [2.05, 4.69) is 0 Å². The lowest BCUT2D eigenvalue weighted by Crippen LogP contribution is -2.00. The minimum atomic E-state index is 0.726. The molecule has 1 heterocycles. The zero-order valence-corrected chi connectivity index (χ0v) is 10.6. The van der Waals surface area contributed by atoms with Gasteiger partial charge in [-0.15, -0.1) is 0 Å². The van der Waals surface area contributed by atoms with Crippen LogP contribution in [0.5, 0.6) is 11.5 Å². The number of nitrogens with two attached hydrogens (primary N) is 1. The maximum atomic E-state index is 6.28. The Balaban J connectivity index is 2.38. The van der Waals surface area contributed by atoms with Crippen molar-refractivity contribution in [1.82, 2.24) is 4.98 Å². The molecule has 4 heteroatoms. The van der Waals surface area contributed by atoms with Gasteiger partial charge in [-0.2, -0.15) is 0 Å². The summed E-state index contributed by atoms with van der Waals surface area (Å²) in [5.74, 6) is 1.47. The molecule has 18 heavy (non-hydrogen) atoms. The summed E-state index contributed by atoms with van der Waals surface area (Å²) in [6.45, 7) is 0. The SMILES string of the molecule is COc1cc(OC)c2c(N)c3c(nc2c1)CCC3. The van der Waals surface area contributed by atoms with Crippen LogP contribution in [0.1, 0.15) is 17.7 Å². The number of aryl methyl sites for hydroxylation is 1. The molecule has 3 rings (SSSR count). The van der Waals surface area contributed by atoms with Crippen molar-refractivity contribution in [1.29, 1.82) is 0 Å². The first-order valence-electron chi connectivity index (χ1n) is 6.07. The van der Waals surface area contributed by atoms with Crippen LogP contribution in [0.25, 0.3) is 10.9 Å². The number of pyridine rings is 1. The van der Waals surface area contributed by atoms with Crippen LogP contribution >= 0.6 is 0 Å². The fourth-order valence-corrected chi connectivity index (χ4v) is 2.65. The van der Waals surface area contributed by atoms with E-state index in [1.807, 2.05) is 12.1 Å². The third-order valence-electron chi connectivity index (χ3n) is 3.55. The van der Waals surface area contributed by atoms with Gasteiger partial charge in [0.05, 0.1) is 25.1 Å². The number of nitrogen functional groups attached to an aromatic ring is 1. The maximum Gasteiger partial charge on any atom is 0.134 e. The number of anilines is 1.